The highest BCUT2D eigenvalue weighted by molar-refractivity contribution is 5.61. The Morgan fingerprint density at radius 1 is 1.04 bits per heavy atom. The van der Waals surface area contributed by atoms with Crippen LogP contribution in [0, 0.1) is 5.92 Å². The molecular formula is C20H29N5. The van der Waals surface area contributed by atoms with Gasteiger partial charge in [0.25, 0.3) is 0 Å². The van der Waals surface area contributed by atoms with Gasteiger partial charge in [0.15, 0.2) is 0 Å². The van der Waals surface area contributed by atoms with E-state index in [4.69, 9.17) is 0 Å². The van der Waals surface area contributed by atoms with Crippen molar-refractivity contribution in [2.75, 3.05) is 35.2 Å². The van der Waals surface area contributed by atoms with Crippen molar-refractivity contribution < 1.29 is 0 Å². The summed E-state index contributed by atoms with van der Waals surface area (Å²) in [6, 6.07) is 10.5. The monoisotopic (exact) mass is 339 g/mol. The number of benzene rings is 1. The number of rotatable bonds is 7. The third-order valence-corrected chi connectivity index (χ3v) is 4.52. The molecule has 3 rings (SSSR count). The summed E-state index contributed by atoms with van der Waals surface area (Å²) in [5, 5.41) is 6.65. The van der Waals surface area contributed by atoms with Crippen LogP contribution in [0.4, 0.5) is 23.1 Å². The first-order chi connectivity index (χ1) is 12.2. The lowest BCUT2D eigenvalue weighted by Gasteiger charge is -2.28. The molecule has 0 radical (unpaired) electrons. The molecular weight excluding hydrogens is 310 g/mol. The molecule has 1 aliphatic heterocycles. The molecule has 1 aliphatic rings. The third-order valence-electron chi connectivity index (χ3n) is 4.52. The molecule has 1 aromatic carbocycles. The zero-order valence-corrected chi connectivity index (χ0v) is 15.3. The van der Waals surface area contributed by atoms with Gasteiger partial charge in [-0.15, -0.1) is 0 Å². The first kappa shape index (κ1) is 17.5. The van der Waals surface area contributed by atoms with Crippen molar-refractivity contribution in [3.8, 4) is 0 Å². The Labute approximate surface area is 150 Å². The Balaban J connectivity index is 1.58. The number of hydrogen-bond donors (Lipinski definition) is 2. The first-order valence-electron chi connectivity index (χ1n) is 9.39. The predicted molar refractivity (Wildman–Crippen MR) is 106 cm³/mol. The average Bonchev–Trinajstić information content (AvgIpc) is 2.63. The Kier molecular flexibility index (Phi) is 6.09. The minimum atomic E-state index is 0.673. The van der Waals surface area contributed by atoms with Crippen molar-refractivity contribution in [2.24, 2.45) is 5.92 Å². The summed E-state index contributed by atoms with van der Waals surface area (Å²) in [5.74, 6) is 2.16. The second kappa shape index (κ2) is 8.70. The van der Waals surface area contributed by atoms with Gasteiger partial charge in [0, 0.05) is 37.2 Å². The molecule has 2 N–H and O–H groups in total. The van der Waals surface area contributed by atoms with E-state index in [1.54, 1.807) is 6.20 Å². The molecule has 2 heterocycles. The maximum atomic E-state index is 4.53. The van der Waals surface area contributed by atoms with E-state index >= 15 is 0 Å². The van der Waals surface area contributed by atoms with Gasteiger partial charge in [-0.3, -0.25) is 0 Å². The molecule has 0 atom stereocenters. The average molecular weight is 339 g/mol. The molecule has 134 valence electrons. The minimum absolute atomic E-state index is 0.673. The lowest BCUT2D eigenvalue weighted by molar-refractivity contribution is 0.578. The molecule has 1 saturated heterocycles. The fourth-order valence-corrected chi connectivity index (χ4v) is 3.04. The minimum Gasteiger partial charge on any atom is -0.372 e. The zero-order chi connectivity index (χ0) is 17.5. The maximum Gasteiger partial charge on any atom is 0.224 e. The molecule has 25 heavy (non-hydrogen) atoms. The van der Waals surface area contributed by atoms with Crippen LogP contribution in [0.1, 0.15) is 39.5 Å². The van der Waals surface area contributed by atoms with Gasteiger partial charge >= 0.3 is 0 Å². The number of hydrogen-bond acceptors (Lipinski definition) is 5. The molecule has 0 amide bonds. The lowest BCUT2D eigenvalue weighted by atomic mass is 10.1. The fourth-order valence-electron chi connectivity index (χ4n) is 3.04. The van der Waals surface area contributed by atoms with Gasteiger partial charge in [-0.2, -0.15) is 4.98 Å². The van der Waals surface area contributed by atoms with Crippen LogP contribution >= 0.6 is 0 Å². The maximum absolute atomic E-state index is 4.53. The van der Waals surface area contributed by atoms with Crippen molar-refractivity contribution in [3.05, 3.63) is 36.5 Å². The van der Waals surface area contributed by atoms with E-state index in [9.17, 15) is 0 Å². The summed E-state index contributed by atoms with van der Waals surface area (Å²) in [6.45, 7) is 7.67. The highest BCUT2D eigenvalue weighted by atomic mass is 15.1. The Bertz CT molecular complexity index is 647. The largest absolute Gasteiger partial charge is 0.372 e. The number of nitrogens with zero attached hydrogens (tertiary/aromatic N) is 3. The highest BCUT2D eigenvalue weighted by Gasteiger charge is 2.10. The van der Waals surface area contributed by atoms with Gasteiger partial charge in [0.1, 0.15) is 5.82 Å². The summed E-state index contributed by atoms with van der Waals surface area (Å²) in [7, 11) is 0. The Hall–Kier alpha value is -2.30. The van der Waals surface area contributed by atoms with Gasteiger partial charge in [-0.25, -0.2) is 4.98 Å². The third kappa shape index (κ3) is 5.34. The molecule has 0 saturated carbocycles. The first-order valence-corrected chi connectivity index (χ1v) is 9.39. The van der Waals surface area contributed by atoms with Crippen molar-refractivity contribution in [1.82, 2.24) is 9.97 Å². The summed E-state index contributed by atoms with van der Waals surface area (Å²) >= 11 is 0. The molecule has 5 nitrogen and oxygen atoms in total. The second-order valence-electron chi connectivity index (χ2n) is 7.09. The van der Waals surface area contributed by atoms with E-state index in [1.807, 2.05) is 6.07 Å². The molecule has 2 aromatic rings. The highest BCUT2D eigenvalue weighted by Crippen LogP contribution is 2.23. The molecule has 5 heteroatoms. The SMILES string of the molecule is CC(C)CCNc1nccc(Nc2ccc(N3CCCCC3)cc2)n1. The van der Waals surface area contributed by atoms with Crippen molar-refractivity contribution in [2.45, 2.75) is 39.5 Å². The summed E-state index contributed by atoms with van der Waals surface area (Å²) in [6.07, 6.45) is 6.85. The molecule has 1 fully saturated rings. The summed E-state index contributed by atoms with van der Waals surface area (Å²) in [4.78, 5) is 11.3. The van der Waals surface area contributed by atoms with Crippen LogP contribution in [-0.2, 0) is 0 Å². The van der Waals surface area contributed by atoms with Crippen molar-refractivity contribution in [1.29, 1.82) is 0 Å². The number of anilines is 4. The fraction of sp³-hybridized carbons (Fsp3) is 0.500. The zero-order valence-electron chi connectivity index (χ0n) is 15.3. The van der Waals surface area contributed by atoms with Gasteiger partial charge in [-0.05, 0) is 61.9 Å². The van der Waals surface area contributed by atoms with Crippen LogP contribution in [-0.4, -0.2) is 29.6 Å². The topological polar surface area (TPSA) is 53.1 Å². The Morgan fingerprint density at radius 2 is 1.80 bits per heavy atom. The van der Waals surface area contributed by atoms with Crippen LogP contribution in [0.3, 0.4) is 0 Å². The van der Waals surface area contributed by atoms with Crippen molar-refractivity contribution in [3.63, 3.8) is 0 Å². The van der Waals surface area contributed by atoms with Gasteiger partial charge < -0.3 is 15.5 Å². The van der Waals surface area contributed by atoms with Crippen LogP contribution in [0.15, 0.2) is 36.5 Å². The molecule has 0 bridgehead atoms. The van der Waals surface area contributed by atoms with E-state index in [1.165, 1.54) is 38.0 Å². The summed E-state index contributed by atoms with van der Waals surface area (Å²) in [5.41, 5.74) is 2.36. The van der Waals surface area contributed by atoms with Crippen molar-refractivity contribution >= 4 is 23.1 Å². The lowest BCUT2D eigenvalue weighted by Crippen LogP contribution is -2.29. The van der Waals surface area contributed by atoms with Crippen LogP contribution < -0.4 is 15.5 Å². The van der Waals surface area contributed by atoms with E-state index in [0.717, 1.165) is 24.5 Å². The Morgan fingerprint density at radius 3 is 2.52 bits per heavy atom. The second-order valence-corrected chi connectivity index (χ2v) is 7.09. The summed E-state index contributed by atoms with van der Waals surface area (Å²) < 4.78 is 0. The quantitative estimate of drug-likeness (QED) is 0.768. The van der Waals surface area contributed by atoms with E-state index < -0.39 is 0 Å². The molecule has 1 aromatic heterocycles. The van der Waals surface area contributed by atoms with Gasteiger partial charge in [0.2, 0.25) is 5.95 Å². The van der Waals surface area contributed by atoms with E-state index in [-0.39, 0.29) is 0 Å². The van der Waals surface area contributed by atoms with E-state index in [0.29, 0.717) is 11.9 Å². The predicted octanol–water partition coefficient (Wildman–Crippen LogP) is 4.67. The normalized spacial score (nSPS) is 14.6. The van der Waals surface area contributed by atoms with Gasteiger partial charge in [0.05, 0.1) is 0 Å². The van der Waals surface area contributed by atoms with Crippen LogP contribution in [0.25, 0.3) is 0 Å². The van der Waals surface area contributed by atoms with Gasteiger partial charge in [-0.1, -0.05) is 13.8 Å². The van der Waals surface area contributed by atoms with E-state index in [2.05, 4.69) is 63.6 Å². The standard InChI is InChI=1S/C20H29N5/c1-16(2)10-12-21-20-22-13-11-19(24-20)23-17-6-8-18(9-7-17)25-14-4-3-5-15-25/h6-9,11,13,16H,3-5,10,12,14-15H2,1-2H3,(H2,21,22,23,24). The smallest absolute Gasteiger partial charge is 0.224 e. The number of aromatic nitrogens is 2. The molecule has 0 unspecified atom stereocenters. The number of nitrogens with one attached hydrogen (secondary N) is 2. The van der Waals surface area contributed by atoms with Crippen LogP contribution in [0.5, 0.6) is 0 Å². The number of piperidine rings is 1. The van der Waals surface area contributed by atoms with Crippen LogP contribution in [0.2, 0.25) is 0 Å². The molecule has 0 aliphatic carbocycles. The molecule has 0 spiro atoms.